The number of benzene rings is 1. The summed E-state index contributed by atoms with van der Waals surface area (Å²) in [6.07, 6.45) is 6.30. The van der Waals surface area contributed by atoms with Crippen molar-refractivity contribution in [2.75, 3.05) is 6.54 Å². The van der Waals surface area contributed by atoms with Gasteiger partial charge in [-0.2, -0.15) is 0 Å². The Morgan fingerprint density at radius 3 is 2.53 bits per heavy atom. The summed E-state index contributed by atoms with van der Waals surface area (Å²) >= 11 is 3.24. The van der Waals surface area contributed by atoms with Gasteiger partial charge in [0.05, 0.1) is 5.60 Å². The highest BCUT2D eigenvalue weighted by molar-refractivity contribution is 9.10. The quantitative estimate of drug-likeness (QED) is 0.824. The standard InChI is InChI=1S/C15H21BrFNO/c16-13-6-5-12(14(17)9-13)10-18-11-15(19)7-3-1-2-4-8-15/h5-6,9,18-19H,1-4,7-8,10-11H2. The first-order valence-corrected chi connectivity index (χ1v) is 7.75. The van der Waals surface area contributed by atoms with E-state index in [-0.39, 0.29) is 5.82 Å². The topological polar surface area (TPSA) is 32.3 Å². The van der Waals surface area contributed by atoms with Gasteiger partial charge >= 0.3 is 0 Å². The van der Waals surface area contributed by atoms with Crippen LogP contribution in [0.15, 0.2) is 22.7 Å². The van der Waals surface area contributed by atoms with Gasteiger partial charge in [-0.05, 0) is 25.0 Å². The highest BCUT2D eigenvalue weighted by Crippen LogP contribution is 2.26. The smallest absolute Gasteiger partial charge is 0.128 e. The molecule has 2 nitrogen and oxygen atoms in total. The molecule has 0 radical (unpaired) electrons. The molecule has 1 saturated carbocycles. The van der Waals surface area contributed by atoms with Crippen molar-refractivity contribution < 1.29 is 9.50 Å². The normalized spacial score (nSPS) is 19.1. The largest absolute Gasteiger partial charge is 0.389 e. The molecule has 0 aromatic heterocycles. The summed E-state index contributed by atoms with van der Waals surface area (Å²) in [5.74, 6) is -0.213. The molecule has 1 fully saturated rings. The molecule has 0 aliphatic heterocycles. The van der Waals surface area contributed by atoms with Crippen molar-refractivity contribution in [1.82, 2.24) is 5.32 Å². The van der Waals surface area contributed by atoms with Crippen molar-refractivity contribution in [3.8, 4) is 0 Å². The zero-order chi connectivity index (χ0) is 13.7. The van der Waals surface area contributed by atoms with Crippen LogP contribution in [0.5, 0.6) is 0 Å². The lowest BCUT2D eigenvalue weighted by molar-refractivity contribution is 0.0250. The van der Waals surface area contributed by atoms with Crippen molar-refractivity contribution in [1.29, 1.82) is 0 Å². The third-order valence-corrected chi connectivity index (χ3v) is 4.31. The average Bonchev–Trinajstić information content (AvgIpc) is 2.57. The first-order chi connectivity index (χ1) is 9.09. The SMILES string of the molecule is OC1(CNCc2ccc(Br)cc2F)CCCCCC1. The van der Waals surface area contributed by atoms with E-state index in [4.69, 9.17) is 0 Å². The Morgan fingerprint density at radius 2 is 1.89 bits per heavy atom. The highest BCUT2D eigenvalue weighted by Gasteiger charge is 2.27. The molecule has 1 aromatic carbocycles. The Bertz CT molecular complexity index is 417. The van der Waals surface area contributed by atoms with Crippen LogP contribution < -0.4 is 5.32 Å². The maximum absolute atomic E-state index is 13.6. The van der Waals surface area contributed by atoms with E-state index in [1.807, 2.05) is 6.07 Å². The lowest BCUT2D eigenvalue weighted by atomic mass is 9.94. The first kappa shape index (κ1) is 14.9. The maximum Gasteiger partial charge on any atom is 0.128 e. The second-order valence-electron chi connectivity index (χ2n) is 5.48. The number of aliphatic hydroxyl groups is 1. The zero-order valence-corrected chi connectivity index (χ0v) is 12.7. The van der Waals surface area contributed by atoms with Gasteiger partial charge < -0.3 is 10.4 Å². The molecular weight excluding hydrogens is 309 g/mol. The summed E-state index contributed by atoms with van der Waals surface area (Å²) in [6.45, 7) is 1.00. The third kappa shape index (κ3) is 4.55. The predicted octanol–water partition coefficient (Wildman–Crippen LogP) is 3.76. The summed E-state index contributed by atoms with van der Waals surface area (Å²) in [4.78, 5) is 0. The van der Waals surface area contributed by atoms with Gasteiger partial charge in [0.15, 0.2) is 0 Å². The molecule has 0 spiro atoms. The van der Waals surface area contributed by atoms with E-state index < -0.39 is 5.60 Å². The van der Waals surface area contributed by atoms with Crippen LogP contribution in [0.1, 0.15) is 44.1 Å². The zero-order valence-electron chi connectivity index (χ0n) is 11.1. The molecule has 0 bridgehead atoms. The monoisotopic (exact) mass is 329 g/mol. The summed E-state index contributed by atoms with van der Waals surface area (Å²) in [5, 5.41) is 13.7. The Kier molecular flexibility index (Phi) is 5.37. The molecule has 106 valence electrons. The Balaban J connectivity index is 1.85. The van der Waals surface area contributed by atoms with E-state index in [2.05, 4.69) is 21.2 Å². The van der Waals surface area contributed by atoms with Crippen LogP contribution in [-0.4, -0.2) is 17.3 Å². The van der Waals surface area contributed by atoms with Crippen LogP contribution in [-0.2, 0) is 6.54 Å². The fourth-order valence-corrected chi connectivity index (χ4v) is 2.99. The van der Waals surface area contributed by atoms with Crippen LogP contribution in [0.3, 0.4) is 0 Å². The number of halogens is 2. The van der Waals surface area contributed by atoms with Gasteiger partial charge in [-0.15, -0.1) is 0 Å². The molecule has 0 atom stereocenters. The van der Waals surface area contributed by atoms with E-state index in [0.717, 1.165) is 30.2 Å². The van der Waals surface area contributed by atoms with E-state index in [0.29, 0.717) is 18.7 Å². The van der Waals surface area contributed by atoms with Gasteiger partial charge in [-0.3, -0.25) is 0 Å². The molecular formula is C15H21BrFNO. The number of hydrogen-bond donors (Lipinski definition) is 2. The molecule has 0 amide bonds. The Labute approximate surface area is 122 Å². The summed E-state index contributed by atoms with van der Waals surface area (Å²) < 4.78 is 14.4. The molecule has 19 heavy (non-hydrogen) atoms. The van der Waals surface area contributed by atoms with Gasteiger partial charge in [0.25, 0.3) is 0 Å². The van der Waals surface area contributed by atoms with Crippen LogP contribution in [0.25, 0.3) is 0 Å². The second-order valence-corrected chi connectivity index (χ2v) is 6.39. The minimum atomic E-state index is -0.609. The van der Waals surface area contributed by atoms with Gasteiger partial charge in [-0.1, -0.05) is 47.7 Å². The maximum atomic E-state index is 13.6. The number of rotatable bonds is 4. The molecule has 2 rings (SSSR count). The van der Waals surface area contributed by atoms with Crippen molar-refractivity contribution in [2.24, 2.45) is 0 Å². The third-order valence-electron chi connectivity index (χ3n) is 3.82. The van der Waals surface area contributed by atoms with Crippen molar-refractivity contribution in [3.63, 3.8) is 0 Å². The minimum absolute atomic E-state index is 0.213. The van der Waals surface area contributed by atoms with Gasteiger partial charge in [-0.25, -0.2) is 4.39 Å². The van der Waals surface area contributed by atoms with E-state index in [1.54, 1.807) is 6.07 Å². The lowest BCUT2D eigenvalue weighted by Crippen LogP contribution is -2.40. The van der Waals surface area contributed by atoms with E-state index in [1.165, 1.54) is 18.9 Å². The molecule has 2 N–H and O–H groups in total. The van der Waals surface area contributed by atoms with Crippen LogP contribution in [0.2, 0.25) is 0 Å². The predicted molar refractivity (Wildman–Crippen MR) is 78.5 cm³/mol. The first-order valence-electron chi connectivity index (χ1n) is 6.96. The van der Waals surface area contributed by atoms with Crippen LogP contribution in [0, 0.1) is 5.82 Å². The van der Waals surface area contributed by atoms with Crippen molar-refractivity contribution in [2.45, 2.75) is 50.7 Å². The van der Waals surface area contributed by atoms with Crippen LogP contribution >= 0.6 is 15.9 Å². The van der Waals surface area contributed by atoms with E-state index >= 15 is 0 Å². The molecule has 0 heterocycles. The average molecular weight is 330 g/mol. The van der Waals surface area contributed by atoms with Crippen molar-refractivity contribution >= 4 is 15.9 Å². The summed E-state index contributed by atoms with van der Waals surface area (Å²) in [7, 11) is 0. The molecule has 1 aliphatic rings. The Hall–Kier alpha value is -0.450. The van der Waals surface area contributed by atoms with Crippen LogP contribution in [0.4, 0.5) is 4.39 Å². The molecule has 4 heteroatoms. The molecule has 0 unspecified atom stereocenters. The molecule has 1 aliphatic carbocycles. The fourth-order valence-electron chi connectivity index (χ4n) is 2.66. The van der Waals surface area contributed by atoms with Crippen molar-refractivity contribution in [3.05, 3.63) is 34.1 Å². The summed E-state index contributed by atoms with van der Waals surface area (Å²) in [6, 6.07) is 5.07. The number of nitrogens with one attached hydrogen (secondary N) is 1. The van der Waals surface area contributed by atoms with E-state index in [9.17, 15) is 9.50 Å². The fraction of sp³-hybridized carbons (Fsp3) is 0.600. The summed E-state index contributed by atoms with van der Waals surface area (Å²) in [5.41, 5.74) is 0.0305. The highest BCUT2D eigenvalue weighted by atomic mass is 79.9. The van der Waals surface area contributed by atoms with Gasteiger partial charge in [0, 0.05) is 23.1 Å². The molecule has 1 aromatic rings. The van der Waals surface area contributed by atoms with Gasteiger partial charge in [0.2, 0.25) is 0 Å². The molecule has 0 saturated heterocycles. The van der Waals surface area contributed by atoms with Gasteiger partial charge in [0.1, 0.15) is 5.82 Å². The Morgan fingerprint density at radius 1 is 1.21 bits per heavy atom. The number of hydrogen-bond acceptors (Lipinski definition) is 2. The minimum Gasteiger partial charge on any atom is -0.389 e. The lowest BCUT2D eigenvalue weighted by Gasteiger charge is -2.27. The second kappa shape index (κ2) is 6.82.